The quantitative estimate of drug-likeness (QED) is 0.526. The lowest BCUT2D eigenvalue weighted by Gasteiger charge is -2.34. The molecule has 1 saturated heterocycles. The van der Waals surface area contributed by atoms with Gasteiger partial charge in [-0.05, 0) is 36.2 Å². The molecule has 0 saturated carbocycles. The zero-order chi connectivity index (χ0) is 23.4. The van der Waals surface area contributed by atoms with E-state index in [1.54, 1.807) is 12.1 Å². The molecule has 0 radical (unpaired) electrons. The summed E-state index contributed by atoms with van der Waals surface area (Å²) >= 11 is 0. The summed E-state index contributed by atoms with van der Waals surface area (Å²) < 4.78 is 38.5. The van der Waals surface area contributed by atoms with Crippen LogP contribution in [0.3, 0.4) is 0 Å². The first kappa shape index (κ1) is 23.0. The average Bonchev–Trinajstić information content (AvgIpc) is 2.88. The Bertz CT molecular complexity index is 1190. The van der Waals surface area contributed by atoms with Gasteiger partial charge in [0.05, 0.1) is 19.9 Å². The minimum absolute atomic E-state index is 0.107. The van der Waals surface area contributed by atoms with E-state index in [4.69, 9.17) is 9.47 Å². The Morgan fingerprint density at radius 3 is 2.18 bits per heavy atom. The first-order valence-electron chi connectivity index (χ1n) is 10.9. The number of aromatic nitrogens is 2. The molecule has 4 rings (SSSR count). The third kappa shape index (κ3) is 4.79. The molecule has 0 amide bonds. The van der Waals surface area contributed by atoms with E-state index in [0.29, 0.717) is 37.7 Å². The van der Waals surface area contributed by atoms with Crippen LogP contribution in [-0.2, 0) is 16.4 Å². The van der Waals surface area contributed by atoms with Crippen molar-refractivity contribution in [3.63, 3.8) is 0 Å². The number of benzene rings is 2. The standard InChI is InChI=1S/C24H28N4O4S/c1-4-18-5-7-19(8-6-18)21-10-12-24(26-25-21)27-13-15-28(16-14-27)33(29,30)23-17-20(31-2)9-11-22(23)32-3/h5-12,17H,4,13-16H2,1-3H3. The van der Waals surface area contributed by atoms with Gasteiger partial charge in [0.1, 0.15) is 16.4 Å². The van der Waals surface area contributed by atoms with Crippen molar-refractivity contribution in [3.05, 3.63) is 60.2 Å². The fourth-order valence-corrected chi connectivity index (χ4v) is 5.43. The maximum Gasteiger partial charge on any atom is 0.247 e. The summed E-state index contributed by atoms with van der Waals surface area (Å²) in [5.41, 5.74) is 3.12. The van der Waals surface area contributed by atoms with Gasteiger partial charge in [-0.3, -0.25) is 0 Å². The second-order valence-corrected chi connectivity index (χ2v) is 9.64. The van der Waals surface area contributed by atoms with Crippen molar-refractivity contribution in [3.8, 4) is 22.8 Å². The summed E-state index contributed by atoms with van der Waals surface area (Å²) in [6, 6.07) is 17.0. The maximum absolute atomic E-state index is 13.3. The van der Waals surface area contributed by atoms with Crippen LogP contribution in [-0.4, -0.2) is 63.3 Å². The van der Waals surface area contributed by atoms with Gasteiger partial charge >= 0.3 is 0 Å². The summed E-state index contributed by atoms with van der Waals surface area (Å²) in [4.78, 5) is 2.15. The van der Waals surface area contributed by atoms with E-state index in [9.17, 15) is 8.42 Å². The molecule has 0 N–H and O–H groups in total. The third-order valence-corrected chi connectivity index (χ3v) is 7.78. The number of aryl methyl sites for hydroxylation is 1. The van der Waals surface area contributed by atoms with Crippen LogP contribution >= 0.6 is 0 Å². The zero-order valence-corrected chi connectivity index (χ0v) is 19.9. The van der Waals surface area contributed by atoms with Crippen LogP contribution in [0.15, 0.2) is 59.5 Å². The molecule has 8 nitrogen and oxygen atoms in total. The number of hydrogen-bond acceptors (Lipinski definition) is 7. The highest BCUT2D eigenvalue weighted by atomic mass is 32.2. The fourth-order valence-electron chi connectivity index (χ4n) is 3.84. The first-order valence-corrected chi connectivity index (χ1v) is 12.3. The summed E-state index contributed by atoms with van der Waals surface area (Å²) in [6.45, 7) is 3.84. The topological polar surface area (TPSA) is 84.9 Å². The molecule has 1 aliphatic heterocycles. The highest BCUT2D eigenvalue weighted by Crippen LogP contribution is 2.31. The van der Waals surface area contributed by atoms with Crippen LogP contribution in [0.25, 0.3) is 11.3 Å². The Balaban J connectivity index is 1.45. The summed E-state index contributed by atoms with van der Waals surface area (Å²) in [6.07, 6.45) is 0.997. The van der Waals surface area contributed by atoms with E-state index in [0.717, 1.165) is 23.5 Å². The molecule has 3 aromatic rings. The van der Waals surface area contributed by atoms with Crippen molar-refractivity contribution in [1.29, 1.82) is 0 Å². The van der Waals surface area contributed by atoms with Gasteiger partial charge in [-0.25, -0.2) is 8.42 Å². The number of hydrogen-bond donors (Lipinski definition) is 0. The van der Waals surface area contributed by atoms with Crippen molar-refractivity contribution in [2.24, 2.45) is 0 Å². The van der Waals surface area contributed by atoms with Crippen LogP contribution in [0.4, 0.5) is 5.82 Å². The Labute approximate surface area is 194 Å². The normalized spacial score (nSPS) is 14.8. The van der Waals surface area contributed by atoms with Crippen molar-refractivity contribution in [1.82, 2.24) is 14.5 Å². The number of methoxy groups -OCH3 is 2. The molecule has 9 heteroatoms. The largest absolute Gasteiger partial charge is 0.497 e. The highest BCUT2D eigenvalue weighted by Gasteiger charge is 2.31. The lowest BCUT2D eigenvalue weighted by molar-refractivity contribution is 0.370. The minimum atomic E-state index is -3.73. The molecule has 0 aliphatic carbocycles. The van der Waals surface area contributed by atoms with Crippen LogP contribution in [0, 0.1) is 0 Å². The molecular formula is C24H28N4O4S. The van der Waals surface area contributed by atoms with E-state index in [1.165, 1.54) is 30.2 Å². The number of nitrogens with zero attached hydrogens (tertiary/aromatic N) is 4. The molecule has 1 fully saturated rings. The molecular weight excluding hydrogens is 440 g/mol. The molecule has 2 heterocycles. The fraction of sp³-hybridized carbons (Fsp3) is 0.333. The monoisotopic (exact) mass is 468 g/mol. The van der Waals surface area contributed by atoms with Crippen LogP contribution in [0.1, 0.15) is 12.5 Å². The Morgan fingerprint density at radius 2 is 1.61 bits per heavy atom. The highest BCUT2D eigenvalue weighted by molar-refractivity contribution is 7.89. The third-order valence-electron chi connectivity index (χ3n) is 5.86. The lowest BCUT2D eigenvalue weighted by Crippen LogP contribution is -2.49. The van der Waals surface area contributed by atoms with Gasteiger partial charge in [-0.2, -0.15) is 4.31 Å². The van der Waals surface area contributed by atoms with Crippen molar-refractivity contribution in [2.75, 3.05) is 45.3 Å². The SMILES string of the molecule is CCc1ccc(-c2ccc(N3CCN(S(=O)(=O)c4cc(OC)ccc4OC)CC3)nn2)cc1. The van der Waals surface area contributed by atoms with Gasteiger partial charge in [0.2, 0.25) is 10.0 Å². The molecule has 1 aliphatic rings. The van der Waals surface area contributed by atoms with E-state index in [-0.39, 0.29) is 4.90 Å². The van der Waals surface area contributed by atoms with E-state index in [1.807, 2.05) is 17.0 Å². The van der Waals surface area contributed by atoms with Gasteiger partial charge in [-0.1, -0.05) is 31.2 Å². The summed E-state index contributed by atoms with van der Waals surface area (Å²) in [5, 5.41) is 8.77. The maximum atomic E-state index is 13.3. The lowest BCUT2D eigenvalue weighted by atomic mass is 10.1. The van der Waals surface area contributed by atoms with Crippen molar-refractivity contribution < 1.29 is 17.9 Å². The number of anilines is 1. The van der Waals surface area contributed by atoms with Gasteiger partial charge < -0.3 is 14.4 Å². The molecule has 0 spiro atoms. The number of sulfonamides is 1. The van der Waals surface area contributed by atoms with Crippen LogP contribution < -0.4 is 14.4 Å². The first-order chi connectivity index (χ1) is 16.0. The molecule has 1 aromatic heterocycles. The molecule has 0 bridgehead atoms. The van der Waals surface area contributed by atoms with Crippen molar-refractivity contribution >= 4 is 15.8 Å². The second kappa shape index (κ2) is 9.76. The minimum Gasteiger partial charge on any atom is -0.497 e. The van der Waals surface area contributed by atoms with E-state index < -0.39 is 10.0 Å². The number of ether oxygens (including phenoxy) is 2. The molecule has 174 valence electrons. The molecule has 33 heavy (non-hydrogen) atoms. The zero-order valence-electron chi connectivity index (χ0n) is 19.1. The van der Waals surface area contributed by atoms with Crippen LogP contribution in [0.5, 0.6) is 11.5 Å². The van der Waals surface area contributed by atoms with Crippen molar-refractivity contribution in [2.45, 2.75) is 18.2 Å². The van der Waals surface area contributed by atoms with Gasteiger partial charge in [0.25, 0.3) is 0 Å². The molecule has 2 aromatic carbocycles. The average molecular weight is 469 g/mol. The van der Waals surface area contributed by atoms with E-state index >= 15 is 0 Å². The smallest absolute Gasteiger partial charge is 0.247 e. The van der Waals surface area contributed by atoms with Gasteiger partial charge in [-0.15, -0.1) is 10.2 Å². The Morgan fingerprint density at radius 1 is 0.879 bits per heavy atom. The predicted molar refractivity (Wildman–Crippen MR) is 127 cm³/mol. The summed E-state index contributed by atoms with van der Waals surface area (Å²) in [7, 11) is -0.765. The van der Waals surface area contributed by atoms with Gasteiger partial charge in [0.15, 0.2) is 5.82 Å². The molecule has 0 unspecified atom stereocenters. The number of rotatable bonds is 7. The second-order valence-electron chi connectivity index (χ2n) is 7.74. The Hall–Kier alpha value is -3.17. The van der Waals surface area contributed by atoms with Gasteiger partial charge in [0, 0.05) is 37.8 Å². The number of piperazine rings is 1. The Kier molecular flexibility index (Phi) is 6.80. The van der Waals surface area contributed by atoms with E-state index in [2.05, 4.69) is 41.4 Å². The summed E-state index contributed by atoms with van der Waals surface area (Å²) in [5.74, 6) is 1.50. The van der Waals surface area contributed by atoms with Crippen LogP contribution in [0.2, 0.25) is 0 Å². The molecule has 0 atom stereocenters. The predicted octanol–water partition coefficient (Wildman–Crippen LogP) is 3.23.